The van der Waals surface area contributed by atoms with Crippen LogP contribution in [-0.4, -0.2) is 26.3 Å². The zero-order valence-electron chi connectivity index (χ0n) is 20.3. The maximum absolute atomic E-state index is 13.2. The van der Waals surface area contributed by atoms with Crippen LogP contribution in [0.2, 0.25) is 0 Å². The number of ether oxygens (including phenoxy) is 2. The molecule has 3 aromatic carbocycles. The highest BCUT2D eigenvalue weighted by Crippen LogP contribution is 2.48. The Kier molecular flexibility index (Phi) is 5.88. The molecule has 194 valence electrons. The number of rotatable bonds is 5. The van der Waals surface area contributed by atoms with Gasteiger partial charge < -0.3 is 29.2 Å². The van der Waals surface area contributed by atoms with Gasteiger partial charge in [0.15, 0.2) is 16.9 Å². The molecule has 0 saturated heterocycles. The summed E-state index contributed by atoms with van der Waals surface area (Å²) >= 11 is 0. The monoisotopic (exact) mass is 523 g/mol. The van der Waals surface area contributed by atoms with Gasteiger partial charge in [0.25, 0.3) is 0 Å². The highest BCUT2D eigenvalue weighted by atomic mass is 16.5. The molecule has 39 heavy (non-hydrogen) atoms. The Labute approximate surface area is 221 Å². The van der Waals surface area contributed by atoms with Gasteiger partial charge in [-0.15, -0.1) is 0 Å². The summed E-state index contributed by atoms with van der Waals surface area (Å²) in [5, 5.41) is 30.3. The second kappa shape index (κ2) is 9.53. The number of carbonyl (C=O) groups excluding carboxylic acids is 1. The average Bonchev–Trinajstić information content (AvgIpc) is 2.93. The van der Waals surface area contributed by atoms with E-state index >= 15 is 0 Å². The number of aromatic nitrogens is 1. The lowest BCUT2D eigenvalue weighted by Crippen LogP contribution is -2.22. The van der Waals surface area contributed by atoms with E-state index < -0.39 is 23.1 Å². The van der Waals surface area contributed by atoms with Crippen LogP contribution in [0.15, 0.2) is 88.2 Å². The van der Waals surface area contributed by atoms with Gasteiger partial charge in [0.2, 0.25) is 0 Å². The predicted molar refractivity (Wildman–Crippen MR) is 140 cm³/mol. The van der Waals surface area contributed by atoms with Crippen molar-refractivity contribution in [1.82, 2.24) is 4.98 Å². The van der Waals surface area contributed by atoms with Crippen LogP contribution in [0.25, 0.3) is 22.3 Å². The van der Waals surface area contributed by atoms with E-state index in [1.165, 1.54) is 30.3 Å². The number of esters is 1. The van der Waals surface area contributed by atoms with E-state index in [1.807, 2.05) is 36.4 Å². The zero-order valence-corrected chi connectivity index (χ0v) is 20.3. The third-order valence-corrected chi connectivity index (χ3v) is 6.58. The minimum absolute atomic E-state index is 0.0390. The lowest BCUT2D eigenvalue weighted by atomic mass is 9.84. The molecule has 0 unspecified atom stereocenters. The zero-order chi connectivity index (χ0) is 27.1. The largest absolute Gasteiger partial charge is 0.507 e. The van der Waals surface area contributed by atoms with E-state index in [2.05, 4.69) is 4.98 Å². The molecule has 5 aromatic rings. The number of phenolic OH excluding ortho intramolecular Hbond substituents is 3. The van der Waals surface area contributed by atoms with Crippen molar-refractivity contribution in [1.29, 1.82) is 0 Å². The van der Waals surface area contributed by atoms with E-state index in [0.29, 0.717) is 22.4 Å². The lowest BCUT2D eigenvalue weighted by molar-refractivity contribution is -0.135. The van der Waals surface area contributed by atoms with Crippen molar-refractivity contribution in [3.63, 3.8) is 0 Å². The number of hydrogen-bond donors (Lipinski definition) is 3. The Bertz CT molecular complexity index is 1800. The Morgan fingerprint density at radius 3 is 2.51 bits per heavy atom. The van der Waals surface area contributed by atoms with Crippen LogP contribution in [-0.2, 0) is 11.4 Å². The second-order valence-corrected chi connectivity index (χ2v) is 9.07. The average molecular weight is 523 g/mol. The molecule has 9 heteroatoms. The summed E-state index contributed by atoms with van der Waals surface area (Å²) in [5.74, 6) is -1.60. The molecular weight excluding hydrogens is 502 g/mol. The lowest BCUT2D eigenvalue weighted by Gasteiger charge is -2.27. The third-order valence-electron chi connectivity index (χ3n) is 6.58. The van der Waals surface area contributed by atoms with Crippen LogP contribution in [0.3, 0.4) is 0 Å². The highest BCUT2D eigenvalue weighted by Gasteiger charge is 2.35. The Hall–Kier alpha value is -5.31. The smallest absolute Gasteiger partial charge is 0.312 e. The number of pyridine rings is 1. The second-order valence-electron chi connectivity index (χ2n) is 9.07. The Balaban J connectivity index is 1.53. The van der Waals surface area contributed by atoms with Crippen LogP contribution < -0.4 is 14.9 Å². The van der Waals surface area contributed by atoms with Crippen LogP contribution in [0.4, 0.5) is 0 Å². The molecule has 2 aromatic heterocycles. The number of benzene rings is 3. The molecule has 6 rings (SSSR count). The van der Waals surface area contributed by atoms with Gasteiger partial charge in [-0.3, -0.25) is 14.6 Å². The van der Waals surface area contributed by atoms with Gasteiger partial charge in [0.1, 0.15) is 40.6 Å². The molecular formula is C30H21NO8. The summed E-state index contributed by atoms with van der Waals surface area (Å²) in [6, 6.07) is 19.2. The number of hydrogen-bond acceptors (Lipinski definition) is 9. The first-order chi connectivity index (χ1) is 18.9. The summed E-state index contributed by atoms with van der Waals surface area (Å²) in [6.45, 7) is 0.196. The number of nitrogens with zero attached hydrogens (tertiary/aromatic N) is 1. The number of phenols is 3. The van der Waals surface area contributed by atoms with Gasteiger partial charge in [-0.2, -0.15) is 0 Å². The van der Waals surface area contributed by atoms with Crippen LogP contribution in [0, 0.1) is 0 Å². The fourth-order valence-corrected chi connectivity index (χ4v) is 4.78. The van der Waals surface area contributed by atoms with Gasteiger partial charge in [0.05, 0.1) is 12.1 Å². The van der Waals surface area contributed by atoms with Gasteiger partial charge in [-0.1, -0.05) is 24.3 Å². The van der Waals surface area contributed by atoms with Crippen molar-refractivity contribution in [3.05, 3.63) is 106 Å². The van der Waals surface area contributed by atoms with Gasteiger partial charge in [-0.25, -0.2) is 0 Å². The van der Waals surface area contributed by atoms with E-state index in [9.17, 15) is 24.9 Å². The standard InChI is InChI=1S/C30H21NO8/c32-20-9-8-16(11-21(20)33)25-13-22(34)29-23(35)14-26-28(30(29)39-25)19(12-27(36)38-26)18-6-1-2-7-24(18)37-15-17-5-3-4-10-31-17/h1-11,13-14,19,32-33,35H,12,15H2/t19-/m1/s1. The van der Waals surface area contributed by atoms with Crippen molar-refractivity contribution in [3.8, 4) is 40.1 Å². The molecule has 0 bridgehead atoms. The molecule has 0 radical (unpaired) electrons. The van der Waals surface area contributed by atoms with E-state index in [4.69, 9.17) is 13.9 Å². The van der Waals surface area contributed by atoms with Crippen molar-refractivity contribution in [2.45, 2.75) is 18.9 Å². The van der Waals surface area contributed by atoms with Gasteiger partial charge in [0, 0.05) is 40.9 Å². The molecule has 0 aliphatic carbocycles. The minimum atomic E-state index is -0.629. The van der Waals surface area contributed by atoms with Crippen molar-refractivity contribution < 1.29 is 34.0 Å². The van der Waals surface area contributed by atoms with Gasteiger partial charge >= 0.3 is 5.97 Å². The number of aromatic hydroxyl groups is 3. The predicted octanol–water partition coefficient (Wildman–Crippen LogP) is 4.99. The first kappa shape index (κ1) is 24.1. The molecule has 0 saturated carbocycles. The molecule has 0 fully saturated rings. The molecule has 1 aliphatic heterocycles. The Morgan fingerprint density at radius 2 is 1.72 bits per heavy atom. The first-order valence-electron chi connectivity index (χ1n) is 12.1. The molecule has 3 N–H and O–H groups in total. The fraction of sp³-hybridized carbons (Fsp3) is 0.100. The summed E-state index contributed by atoms with van der Waals surface area (Å²) in [4.78, 5) is 30.2. The highest BCUT2D eigenvalue weighted by molar-refractivity contribution is 5.93. The molecule has 0 spiro atoms. The third kappa shape index (κ3) is 4.40. The summed E-state index contributed by atoms with van der Waals surface area (Å²) in [6.07, 6.45) is 1.61. The minimum Gasteiger partial charge on any atom is -0.507 e. The summed E-state index contributed by atoms with van der Waals surface area (Å²) in [7, 11) is 0. The van der Waals surface area contributed by atoms with Crippen molar-refractivity contribution in [2.24, 2.45) is 0 Å². The maximum atomic E-state index is 13.2. The van der Waals surface area contributed by atoms with E-state index in [0.717, 1.165) is 5.69 Å². The quantitative estimate of drug-likeness (QED) is 0.165. The van der Waals surface area contributed by atoms with Crippen molar-refractivity contribution >= 4 is 16.9 Å². The maximum Gasteiger partial charge on any atom is 0.312 e. The van der Waals surface area contributed by atoms with Crippen LogP contribution in [0.5, 0.6) is 28.7 Å². The normalized spacial score (nSPS) is 14.6. The SMILES string of the molecule is O=C1C[C@H](c2ccccc2OCc2ccccn2)c2c(cc(O)c3c(=O)cc(-c4ccc(O)c(O)c4)oc23)O1. The first-order valence-corrected chi connectivity index (χ1v) is 12.1. The molecule has 0 amide bonds. The van der Waals surface area contributed by atoms with Crippen molar-refractivity contribution in [2.75, 3.05) is 0 Å². The Morgan fingerprint density at radius 1 is 0.897 bits per heavy atom. The topological polar surface area (TPSA) is 139 Å². The molecule has 1 atom stereocenters. The molecule has 1 aliphatic rings. The summed E-state index contributed by atoms with van der Waals surface area (Å²) in [5.41, 5.74) is 1.61. The van der Waals surface area contributed by atoms with Gasteiger partial charge in [-0.05, 0) is 36.4 Å². The van der Waals surface area contributed by atoms with E-state index in [1.54, 1.807) is 12.3 Å². The van der Waals surface area contributed by atoms with E-state index in [-0.39, 0.29) is 47.0 Å². The number of fused-ring (bicyclic) bond motifs is 3. The fourth-order valence-electron chi connectivity index (χ4n) is 4.78. The number of carbonyl (C=O) groups is 1. The molecule has 3 heterocycles. The van der Waals surface area contributed by atoms with Crippen LogP contribution >= 0.6 is 0 Å². The number of para-hydroxylation sites is 1. The van der Waals surface area contributed by atoms with Crippen LogP contribution in [0.1, 0.15) is 29.2 Å². The molecule has 9 nitrogen and oxygen atoms in total. The summed E-state index contributed by atoms with van der Waals surface area (Å²) < 4.78 is 17.7.